The second kappa shape index (κ2) is 10.7. The van der Waals surface area contributed by atoms with Crippen LogP contribution in [0.15, 0.2) is 47.6 Å². The zero-order valence-corrected chi connectivity index (χ0v) is 18.0. The minimum Gasteiger partial charge on any atom is -0.497 e. The fourth-order valence-electron chi connectivity index (χ4n) is 3.33. The number of nitrogens with zero attached hydrogens (tertiary/aromatic N) is 1. The highest BCUT2D eigenvalue weighted by Gasteiger charge is 2.12. The standard InChI is InChI=1S/C23H29FN4O3/c1-4-25-23(26-8-7-15-13-27-21-11-17(24)5-6-20(15)21)28-14-22(29)16-9-18(30-2)12-19(10-16)31-3/h5-6,9-13,22,27,29H,4,7-8,14H2,1-3H3,(H2,25,26,28). The smallest absolute Gasteiger partial charge is 0.191 e. The van der Waals surface area contributed by atoms with Gasteiger partial charge >= 0.3 is 0 Å². The van der Waals surface area contributed by atoms with Gasteiger partial charge < -0.3 is 30.2 Å². The summed E-state index contributed by atoms with van der Waals surface area (Å²) in [7, 11) is 3.14. The molecule has 0 spiro atoms. The fourth-order valence-corrected chi connectivity index (χ4v) is 3.33. The summed E-state index contributed by atoms with van der Waals surface area (Å²) in [5, 5.41) is 18.1. The van der Waals surface area contributed by atoms with Crippen LogP contribution >= 0.6 is 0 Å². The first-order chi connectivity index (χ1) is 15.0. The molecular formula is C23H29FN4O3. The van der Waals surface area contributed by atoms with E-state index in [4.69, 9.17) is 9.47 Å². The molecule has 0 saturated heterocycles. The molecular weight excluding hydrogens is 399 g/mol. The van der Waals surface area contributed by atoms with Crippen molar-refractivity contribution in [2.75, 3.05) is 33.9 Å². The minimum absolute atomic E-state index is 0.179. The topological polar surface area (TPSA) is 90.9 Å². The van der Waals surface area contributed by atoms with Crippen LogP contribution in [-0.4, -0.2) is 49.9 Å². The van der Waals surface area contributed by atoms with Crippen LogP contribution in [0.1, 0.15) is 24.2 Å². The van der Waals surface area contributed by atoms with Crippen molar-refractivity contribution >= 4 is 16.9 Å². The Morgan fingerprint density at radius 2 is 1.87 bits per heavy atom. The van der Waals surface area contributed by atoms with Crippen molar-refractivity contribution in [3.63, 3.8) is 0 Å². The molecule has 1 heterocycles. The van der Waals surface area contributed by atoms with E-state index in [9.17, 15) is 9.50 Å². The Bertz CT molecular complexity index is 1010. The maximum Gasteiger partial charge on any atom is 0.191 e. The number of H-pyrrole nitrogens is 1. The largest absolute Gasteiger partial charge is 0.497 e. The number of ether oxygens (including phenoxy) is 2. The molecule has 2 aromatic carbocycles. The van der Waals surface area contributed by atoms with Gasteiger partial charge in [-0.3, -0.25) is 4.99 Å². The maximum absolute atomic E-state index is 13.4. The van der Waals surface area contributed by atoms with E-state index >= 15 is 0 Å². The number of nitrogens with one attached hydrogen (secondary N) is 3. The van der Waals surface area contributed by atoms with Gasteiger partial charge in [0.05, 0.1) is 26.9 Å². The van der Waals surface area contributed by atoms with E-state index < -0.39 is 6.10 Å². The molecule has 0 aliphatic carbocycles. The van der Waals surface area contributed by atoms with Gasteiger partial charge in [0.15, 0.2) is 5.96 Å². The van der Waals surface area contributed by atoms with E-state index in [-0.39, 0.29) is 12.4 Å². The van der Waals surface area contributed by atoms with E-state index in [1.54, 1.807) is 38.5 Å². The van der Waals surface area contributed by atoms with Gasteiger partial charge in [-0.15, -0.1) is 0 Å². The molecule has 4 N–H and O–H groups in total. The monoisotopic (exact) mass is 428 g/mol. The Balaban J connectivity index is 1.62. The number of aromatic amines is 1. The highest BCUT2D eigenvalue weighted by molar-refractivity contribution is 5.83. The van der Waals surface area contributed by atoms with Crippen molar-refractivity contribution < 1.29 is 19.0 Å². The molecule has 3 aromatic rings. The van der Waals surface area contributed by atoms with Gasteiger partial charge in [-0.25, -0.2) is 4.39 Å². The zero-order chi connectivity index (χ0) is 22.2. The van der Waals surface area contributed by atoms with Crippen molar-refractivity contribution in [1.82, 2.24) is 15.6 Å². The average Bonchev–Trinajstić information content (AvgIpc) is 3.18. The number of rotatable bonds is 9. The summed E-state index contributed by atoms with van der Waals surface area (Å²) in [6.07, 6.45) is 1.84. The summed E-state index contributed by atoms with van der Waals surface area (Å²) in [6, 6.07) is 10.0. The van der Waals surface area contributed by atoms with Crippen LogP contribution in [-0.2, 0) is 6.42 Å². The third-order valence-corrected chi connectivity index (χ3v) is 4.94. The molecule has 3 rings (SSSR count). The third kappa shape index (κ3) is 5.88. The summed E-state index contributed by atoms with van der Waals surface area (Å²) in [6.45, 7) is 3.49. The lowest BCUT2D eigenvalue weighted by atomic mass is 10.1. The predicted octanol–water partition coefficient (Wildman–Crippen LogP) is 3.16. The number of fused-ring (bicyclic) bond motifs is 1. The molecule has 0 aliphatic rings. The Hall–Kier alpha value is -3.26. The van der Waals surface area contributed by atoms with Crippen molar-refractivity contribution in [2.45, 2.75) is 19.4 Å². The van der Waals surface area contributed by atoms with Crippen LogP contribution in [0.2, 0.25) is 0 Å². The second-order valence-corrected chi connectivity index (χ2v) is 7.06. The van der Waals surface area contributed by atoms with Gasteiger partial charge in [-0.05, 0) is 54.8 Å². The molecule has 1 unspecified atom stereocenters. The minimum atomic E-state index is -0.803. The lowest BCUT2D eigenvalue weighted by Crippen LogP contribution is -2.38. The number of methoxy groups -OCH3 is 2. The SMILES string of the molecule is CCNC(=NCC(O)c1cc(OC)cc(OC)c1)NCCc1c[nH]c2cc(F)ccc12. The summed E-state index contributed by atoms with van der Waals surface area (Å²) in [5.74, 6) is 1.58. The first-order valence-corrected chi connectivity index (χ1v) is 10.2. The summed E-state index contributed by atoms with van der Waals surface area (Å²) in [5.41, 5.74) is 2.55. The van der Waals surface area contributed by atoms with E-state index in [1.807, 2.05) is 13.1 Å². The molecule has 0 saturated carbocycles. The van der Waals surface area contributed by atoms with Crippen LogP contribution in [0.25, 0.3) is 10.9 Å². The molecule has 8 heteroatoms. The second-order valence-electron chi connectivity index (χ2n) is 7.06. The maximum atomic E-state index is 13.4. The van der Waals surface area contributed by atoms with Crippen LogP contribution in [0, 0.1) is 5.82 Å². The molecule has 166 valence electrons. The van der Waals surface area contributed by atoms with E-state index in [1.165, 1.54) is 12.1 Å². The van der Waals surface area contributed by atoms with Crippen LogP contribution in [0.5, 0.6) is 11.5 Å². The van der Waals surface area contributed by atoms with Crippen molar-refractivity contribution in [3.05, 3.63) is 59.5 Å². The lowest BCUT2D eigenvalue weighted by molar-refractivity contribution is 0.186. The molecule has 0 aliphatic heterocycles. The highest BCUT2D eigenvalue weighted by atomic mass is 19.1. The van der Waals surface area contributed by atoms with Crippen molar-refractivity contribution in [1.29, 1.82) is 0 Å². The average molecular weight is 429 g/mol. The Morgan fingerprint density at radius 1 is 1.13 bits per heavy atom. The molecule has 0 bridgehead atoms. The predicted molar refractivity (Wildman–Crippen MR) is 120 cm³/mol. The number of hydrogen-bond donors (Lipinski definition) is 4. The first-order valence-electron chi connectivity index (χ1n) is 10.2. The van der Waals surface area contributed by atoms with E-state index in [0.29, 0.717) is 36.1 Å². The van der Waals surface area contributed by atoms with Gasteiger partial charge in [0, 0.05) is 36.3 Å². The number of halogens is 1. The van der Waals surface area contributed by atoms with Gasteiger partial charge in [-0.1, -0.05) is 0 Å². The fraction of sp³-hybridized carbons (Fsp3) is 0.348. The van der Waals surface area contributed by atoms with Gasteiger partial charge in [0.2, 0.25) is 0 Å². The Labute approximate surface area is 181 Å². The third-order valence-electron chi connectivity index (χ3n) is 4.94. The summed E-state index contributed by atoms with van der Waals surface area (Å²) >= 11 is 0. The molecule has 1 atom stereocenters. The highest BCUT2D eigenvalue weighted by Crippen LogP contribution is 2.26. The number of hydrogen-bond acceptors (Lipinski definition) is 4. The molecule has 0 radical (unpaired) electrons. The summed E-state index contributed by atoms with van der Waals surface area (Å²) in [4.78, 5) is 7.60. The normalized spacial score (nSPS) is 12.6. The first kappa shape index (κ1) is 22.4. The quantitative estimate of drug-likeness (QED) is 0.311. The molecule has 0 fully saturated rings. The summed E-state index contributed by atoms with van der Waals surface area (Å²) < 4.78 is 23.9. The number of benzene rings is 2. The number of aliphatic hydroxyl groups is 1. The number of guanidine groups is 1. The molecule has 7 nitrogen and oxygen atoms in total. The number of aliphatic hydroxyl groups excluding tert-OH is 1. The Kier molecular flexibility index (Phi) is 7.72. The molecule has 1 aromatic heterocycles. The van der Waals surface area contributed by atoms with Crippen LogP contribution in [0.4, 0.5) is 4.39 Å². The zero-order valence-electron chi connectivity index (χ0n) is 18.0. The van der Waals surface area contributed by atoms with Gasteiger partial charge in [-0.2, -0.15) is 0 Å². The number of aliphatic imine (C=N–C) groups is 1. The molecule has 0 amide bonds. The van der Waals surface area contributed by atoms with Gasteiger partial charge in [0.1, 0.15) is 17.3 Å². The van der Waals surface area contributed by atoms with Gasteiger partial charge in [0.25, 0.3) is 0 Å². The van der Waals surface area contributed by atoms with E-state index in [2.05, 4.69) is 20.6 Å². The molecule has 31 heavy (non-hydrogen) atoms. The van der Waals surface area contributed by atoms with Crippen LogP contribution in [0.3, 0.4) is 0 Å². The lowest BCUT2D eigenvalue weighted by Gasteiger charge is -2.15. The van der Waals surface area contributed by atoms with Crippen molar-refractivity contribution in [3.8, 4) is 11.5 Å². The van der Waals surface area contributed by atoms with E-state index in [0.717, 1.165) is 22.9 Å². The van der Waals surface area contributed by atoms with Crippen molar-refractivity contribution in [2.24, 2.45) is 4.99 Å². The number of aromatic nitrogens is 1. The Morgan fingerprint density at radius 3 is 2.55 bits per heavy atom. The van der Waals surface area contributed by atoms with Crippen LogP contribution < -0.4 is 20.1 Å².